The molecule has 0 aliphatic carbocycles. The first-order valence-corrected chi connectivity index (χ1v) is 10.2. The van der Waals surface area contributed by atoms with Gasteiger partial charge < -0.3 is 18.7 Å². The van der Waals surface area contributed by atoms with Crippen LogP contribution in [0.4, 0.5) is 0 Å². The molecule has 8 nitrogen and oxygen atoms in total. The van der Waals surface area contributed by atoms with Crippen LogP contribution >= 0.6 is 11.8 Å². The molecule has 0 amide bonds. The molecular weight excluding hydrogens is 390 g/mol. The number of hydrogen-bond acceptors (Lipinski definition) is 7. The van der Waals surface area contributed by atoms with E-state index in [1.165, 1.54) is 18.1 Å². The van der Waals surface area contributed by atoms with Crippen LogP contribution in [0.25, 0.3) is 22.6 Å². The summed E-state index contributed by atoms with van der Waals surface area (Å²) < 4.78 is 13.3. The van der Waals surface area contributed by atoms with E-state index in [0.717, 1.165) is 22.8 Å². The molecule has 3 heterocycles. The van der Waals surface area contributed by atoms with E-state index >= 15 is 0 Å². The van der Waals surface area contributed by atoms with Crippen molar-refractivity contribution in [3.63, 3.8) is 0 Å². The quantitative estimate of drug-likeness (QED) is 0.483. The Morgan fingerprint density at radius 1 is 1.24 bits per heavy atom. The summed E-state index contributed by atoms with van der Waals surface area (Å²) in [5.74, 6) is 2.70. The topological polar surface area (TPSA) is 98.8 Å². The van der Waals surface area contributed by atoms with Crippen LogP contribution in [-0.4, -0.2) is 30.6 Å². The first-order chi connectivity index (χ1) is 13.9. The van der Waals surface area contributed by atoms with Crippen molar-refractivity contribution < 1.29 is 9.15 Å². The van der Waals surface area contributed by atoms with Crippen LogP contribution in [0.15, 0.2) is 45.0 Å². The molecule has 9 heteroatoms. The number of rotatable bonds is 6. The maximum atomic E-state index is 11.9. The molecule has 4 rings (SSSR count). The normalized spacial score (nSPS) is 11.5. The molecule has 150 valence electrons. The summed E-state index contributed by atoms with van der Waals surface area (Å²) in [6.07, 6.45) is 1.51. The SMILES string of the molecule is Cc1oc(-c2ccc(OC(C)C)cc2)nc1CSc1nc2c(=O)[nH]cnc2n1C. The molecule has 29 heavy (non-hydrogen) atoms. The highest BCUT2D eigenvalue weighted by molar-refractivity contribution is 7.98. The second-order valence-electron chi connectivity index (χ2n) is 6.86. The van der Waals surface area contributed by atoms with Crippen LogP contribution in [-0.2, 0) is 12.8 Å². The number of fused-ring (bicyclic) bond motifs is 1. The highest BCUT2D eigenvalue weighted by Gasteiger charge is 2.16. The summed E-state index contributed by atoms with van der Waals surface area (Å²) in [6, 6.07) is 7.69. The molecule has 1 aromatic carbocycles. The van der Waals surface area contributed by atoms with Crippen LogP contribution in [0.5, 0.6) is 5.75 Å². The lowest BCUT2D eigenvalue weighted by Crippen LogP contribution is -2.06. The van der Waals surface area contributed by atoms with Gasteiger partial charge in [0, 0.05) is 18.4 Å². The van der Waals surface area contributed by atoms with Gasteiger partial charge in [0.05, 0.1) is 18.1 Å². The minimum atomic E-state index is -0.248. The molecule has 0 saturated carbocycles. The number of nitrogens with one attached hydrogen (secondary N) is 1. The number of ether oxygens (including phenoxy) is 1. The van der Waals surface area contributed by atoms with Gasteiger partial charge in [0.25, 0.3) is 5.56 Å². The van der Waals surface area contributed by atoms with Gasteiger partial charge in [0.2, 0.25) is 5.89 Å². The molecule has 3 aromatic heterocycles. The fraction of sp³-hybridized carbons (Fsp3) is 0.300. The van der Waals surface area contributed by atoms with Crippen molar-refractivity contribution in [3.8, 4) is 17.2 Å². The van der Waals surface area contributed by atoms with Gasteiger partial charge in [-0.2, -0.15) is 0 Å². The Bertz CT molecular complexity index is 1210. The van der Waals surface area contributed by atoms with E-state index in [2.05, 4.69) is 19.9 Å². The zero-order chi connectivity index (χ0) is 20.5. The molecule has 0 aliphatic heterocycles. The number of imidazole rings is 1. The number of thioether (sulfide) groups is 1. The lowest BCUT2D eigenvalue weighted by molar-refractivity contribution is 0.242. The van der Waals surface area contributed by atoms with E-state index in [4.69, 9.17) is 9.15 Å². The molecule has 0 atom stereocenters. The average molecular weight is 411 g/mol. The summed E-state index contributed by atoms with van der Waals surface area (Å²) >= 11 is 1.48. The number of benzene rings is 1. The summed E-state index contributed by atoms with van der Waals surface area (Å²) in [6.45, 7) is 5.88. The highest BCUT2D eigenvalue weighted by atomic mass is 32.2. The molecule has 0 spiro atoms. The Kier molecular flexibility index (Phi) is 5.14. The number of hydrogen-bond donors (Lipinski definition) is 1. The maximum absolute atomic E-state index is 11.9. The van der Waals surface area contributed by atoms with Gasteiger partial charge in [-0.25, -0.2) is 15.0 Å². The number of aromatic nitrogens is 5. The number of aryl methyl sites for hydroxylation is 2. The Morgan fingerprint density at radius 3 is 2.69 bits per heavy atom. The molecule has 0 saturated heterocycles. The maximum Gasteiger partial charge on any atom is 0.278 e. The highest BCUT2D eigenvalue weighted by Crippen LogP contribution is 2.29. The smallest absolute Gasteiger partial charge is 0.278 e. The summed E-state index contributed by atoms with van der Waals surface area (Å²) in [5, 5.41) is 0.698. The lowest BCUT2D eigenvalue weighted by atomic mass is 10.2. The number of oxazole rings is 1. The van der Waals surface area contributed by atoms with Crippen molar-refractivity contribution in [1.82, 2.24) is 24.5 Å². The molecular formula is C20H21N5O3S. The van der Waals surface area contributed by atoms with Gasteiger partial charge in [0.1, 0.15) is 11.5 Å². The lowest BCUT2D eigenvalue weighted by Gasteiger charge is -2.09. The Balaban J connectivity index is 1.52. The number of aromatic amines is 1. The van der Waals surface area contributed by atoms with Gasteiger partial charge in [-0.05, 0) is 45.0 Å². The van der Waals surface area contributed by atoms with Gasteiger partial charge in [-0.3, -0.25) is 4.79 Å². The third kappa shape index (κ3) is 3.91. The minimum Gasteiger partial charge on any atom is -0.491 e. The fourth-order valence-corrected chi connectivity index (χ4v) is 3.86. The minimum absolute atomic E-state index is 0.127. The number of H-pyrrole nitrogens is 1. The van der Waals surface area contributed by atoms with Crippen molar-refractivity contribution in [2.45, 2.75) is 37.8 Å². The monoisotopic (exact) mass is 411 g/mol. The Labute approximate surface area is 171 Å². The van der Waals surface area contributed by atoms with Crippen LogP contribution in [0, 0.1) is 6.92 Å². The van der Waals surface area contributed by atoms with Crippen molar-refractivity contribution in [3.05, 3.63) is 52.4 Å². The molecule has 0 unspecified atom stereocenters. The van der Waals surface area contributed by atoms with Gasteiger partial charge >= 0.3 is 0 Å². The predicted molar refractivity (Wildman–Crippen MR) is 111 cm³/mol. The van der Waals surface area contributed by atoms with Gasteiger partial charge in [-0.1, -0.05) is 11.8 Å². The second kappa shape index (κ2) is 7.75. The van der Waals surface area contributed by atoms with Crippen molar-refractivity contribution >= 4 is 22.9 Å². The van der Waals surface area contributed by atoms with E-state index < -0.39 is 0 Å². The molecule has 0 radical (unpaired) electrons. The van der Waals surface area contributed by atoms with E-state index in [1.807, 2.05) is 52.1 Å². The van der Waals surface area contributed by atoms with Crippen molar-refractivity contribution in [2.75, 3.05) is 0 Å². The summed E-state index contributed by atoms with van der Waals surface area (Å²) in [5.41, 5.74) is 2.36. The first kappa shape index (κ1) is 19.3. The van der Waals surface area contributed by atoms with Crippen LogP contribution < -0.4 is 10.3 Å². The third-order valence-corrected chi connectivity index (χ3v) is 5.37. The average Bonchev–Trinajstić information content (AvgIpc) is 3.21. The molecule has 0 bridgehead atoms. The fourth-order valence-electron chi connectivity index (χ4n) is 2.89. The molecule has 1 N–H and O–H groups in total. The zero-order valence-electron chi connectivity index (χ0n) is 16.6. The second-order valence-corrected chi connectivity index (χ2v) is 7.80. The van der Waals surface area contributed by atoms with Crippen LogP contribution in [0.1, 0.15) is 25.3 Å². The largest absolute Gasteiger partial charge is 0.491 e. The van der Waals surface area contributed by atoms with Crippen molar-refractivity contribution in [1.29, 1.82) is 0 Å². The van der Waals surface area contributed by atoms with Gasteiger partial charge in [-0.15, -0.1) is 0 Å². The van der Waals surface area contributed by atoms with E-state index in [0.29, 0.717) is 28.0 Å². The van der Waals surface area contributed by atoms with Crippen molar-refractivity contribution in [2.24, 2.45) is 7.05 Å². The van der Waals surface area contributed by atoms with Crippen LogP contribution in [0.2, 0.25) is 0 Å². The molecule has 0 fully saturated rings. The van der Waals surface area contributed by atoms with E-state index in [-0.39, 0.29) is 11.7 Å². The number of nitrogens with zero attached hydrogens (tertiary/aromatic N) is 4. The van der Waals surface area contributed by atoms with E-state index in [9.17, 15) is 4.79 Å². The summed E-state index contributed by atoms with van der Waals surface area (Å²) in [4.78, 5) is 27.7. The molecule has 0 aliphatic rings. The third-order valence-electron chi connectivity index (χ3n) is 4.33. The Morgan fingerprint density at radius 2 is 2.00 bits per heavy atom. The van der Waals surface area contributed by atoms with E-state index in [1.54, 1.807) is 4.57 Å². The predicted octanol–water partition coefficient (Wildman–Crippen LogP) is 3.70. The molecule has 4 aromatic rings. The van der Waals surface area contributed by atoms with Crippen LogP contribution in [0.3, 0.4) is 0 Å². The Hall–Kier alpha value is -3.07. The zero-order valence-corrected chi connectivity index (χ0v) is 17.4. The standard InChI is InChI=1S/C20H21N5O3S/c1-11(2)27-14-7-5-13(6-8-14)19-23-15(12(3)28-19)9-29-20-24-16-17(25(20)4)21-10-22-18(16)26/h5-8,10-11H,9H2,1-4H3,(H,21,22,26). The first-order valence-electron chi connectivity index (χ1n) is 9.18. The summed E-state index contributed by atoms with van der Waals surface area (Å²) in [7, 11) is 1.84. The van der Waals surface area contributed by atoms with Gasteiger partial charge in [0.15, 0.2) is 16.3 Å².